The highest BCUT2D eigenvalue weighted by Gasteiger charge is 2.44. The number of carboxylic acids is 1. The van der Waals surface area contributed by atoms with E-state index < -0.39 is 23.9 Å². The number of carbonyl (C=O) groups excluding carboxylic acids is 1. The second-order valence-corrected chi connectivity index (χ2v) is 6.67. The van der Waals surface area contributed by atoms with Crippen molar-refractivity contribution in [3.8, 4) is 0 Å². The van der Waals surface area contributed by atoms with Gasteiger partial charge < -0.3 is 15.1 Å². The molecule has 2 fully saturated rings. The maximum atomic E-state index is 12.7. The first-order chi connectivity index (χ1) is 9.95. The van der Waals surface area contributed by atoms with Crippen LogP contribution < -0.4 is 0 Å². The van der Waals surface area contributed by atoms with Crippen LogP contribution in [-0.2, 0) is 9.59 Å². The molecule has 2 aliphatic carbocycles. The molecule has 0 heterocycles. The number of aliphatic hydroxyl groups excluding tert-OH is 1. The molecule has 2 saturated carbocycles. The van der Waals surface area contributed by atoms with Crippen LogP contribution in [0.1, 0.15) is 51.9 Å². The van der Waals surface area contributed by atoms with Crippen LogP contribution in [0.4, 0.5) is 0 Å². The summed E-state index contributed by atoms with van der Waals surface area (Å²) in [5.74, 6) is -1.62. The number of aliphatic hydroxyl groups is 1. The standard InChI is InChI=1S/C16H27NO4/c1-3-10-8-11(12(9-10)16(20)21)15(19)17(2)13-6-4-5-7-14(13)18/h10-14,18H,3-9H2,1-2H3,(H,20,21). The van der Waals surface area contributed by atoms with Crippen LogP contribution in [0.15, 0.2) is 0 Å². The highest BCUT2D eigenvalue weighted by Crippen LogP contribution is 2.40. The highest BCUT2D eigenvalue weighted by molar-refractivity contribution is 5.85. The highest BCUT2D eigenvalue weighted by atomic mass is 16.4. The normalized spacial score (nSPS) is 36.4. The van der Waals surface area contributed by atoms with Gasteiger partial charge in [-0.3, -0.25) is 9.59 Å². The Morgan fingerprint density at radius 1 is 1.14 bits per heavy atom. The van der Waals surface area contributed by atoms with Gasteiger partial charge in [-0.25, -0.2) is 0 Å². The Labute approximate surface area is 126 Å². The number of nitrogens with zero attached hydrogens (tertiary/aromatic N) is 1. The molecule has 2 N–H and O–H groups in total. The van der Waals surface area contributed by atoms with Crippen molar-refractivity contribution in [2.75, 3.05) is 7.05 Å². The molecule has 0 bridgehead atoms. The van der Waals surface area contributed by atoms with Crippen molar-refractivity contribution in [3.05, 3.63) is 0 Å². The predicted octanol–water partition coefficient (Wildman–Crippen LogP) is 1.89. The smallest absolute Gasteiger partial charge is 0.307 e. The molecule has 0 saturated heterocycles. The molecule has 21 heavy (non-hydrogen) atoms. The summed E-state index contributed by atoms with van der Waals surface area (Å²) in [5.41, 5.74) is 0. The van der Waals surface area contributed by atoms with E-state index in [9.17, 15) is 19.8 Å². The fourth-order valence-corrected chi connectivity index (χ4v) is 3.99. The number of amides is 1. The Bertz CT molecular complexity index is 398. The fourth-order valence-electron chi connectivity index (χ4n) is 3.99. The molecule has 1 amide bonds. The third-order valence-corrected chi connectivity index (χ3v) is 5.41. The Hall–Kier alpha value is -1.10. The van der Waals surface area contributed by atoms with Gasteiger partial charge in [-0.2, -0.15) is 0 Å². The number of hydrogen-bond acceptors (Lipinski definition) is 3. The lowest BCUT2D eigenvalue weighted by Gasteiger charge is -2.37. The molecule has 0 aliphatic heterocycles. The largest absolute Gasteiger partial charge is 0.481 e. The average Bonchev–Trinajstić information content (AvgIpc) is 2.90. The lowest BCUT2D eigenvalue weighted by atomic mass is 9.89. The zero-order valence-electron chi connectivity index (χ0n) is 13.0. The van der Waals surface area contributed by atoms with Gasteiger partial charge in [0, 0.05) is 7.05 Å². The van der Waals surface area contributed by atoms with E-state index in [2.05, 4.69) is 0 Å². The van der Waals surface area contributed by atoms with Gasteiger partial charge in [-0.05, 0) is 31.6 Å². The molecule has 0 aromatic rings. The van der Waals surface area contributed by atoms with Crippen LogP contribution in [0, 0.1) is 17.8 Å². The number of aliphatic carboxylic acids is 1. The molecule has 5 atom stereocenters. The first kappa shape index (κ1) is 16.3. The molecular weight excluding hydrogens is 270 g/mol. The first-order valence-electron chi connectivity index (χ1n) is 8.13. The predicted molar refractivity (Wildman–Crippen MR) is 78.7 cm³/mol. The van der Waals surface area contributed by atoms with Gasteiger partial charge >= 0.3 is 5.97 Å². The second kappa shape index (κ2) is 6.77. The van der Waals surface area contributed by atoms with Crippen LogP contribution in [0.2, 0.25) is 0 Å². The first-order valence-corrected chi connectivity index (χ1v) is 8.13. The molecule has 0 aromatic heterocycles. The van der Waals surface area contributed by atoms with Crippen molar-refractivity contribution in [1.82, 2.24) is 4.90 Å². The Morgan fingerprint density at radius 2 is 1.76 bits per heavy atom. The van der Waals surface area contributed by atoms with Gasteiger partial charge in [0.1, 0.15) is 0 Å². The fraction of sp³-hybridized carbons (Fsp3) is 0.875. The van der Waals surface area contributed by atoms with Gasteiger partial charge in [-0.15, -0.1) is 0 Å². The molecule has 0 radical (unpaired) electrons. The summed E-state index contributed by atoms with van der Waals surface area (Å²) in [7, 11) is 1.72. The summed E-state index contributed by atoms with van der Waals surface area (Å²) >= 11 is 0. The minimum Gasteiger partial charge on any atom is -0.481 e. The topological polar surface area (TPSA) is 77.8 Å². The summed E-state index contributed by atoms with van der Waals surface area (Å²) in [4.78, 5) is 25.8. The lowest BCUT2D eigenvalue weighted by molar-refractivity contribution is -0.150. The van der Waals surface area contributed by atoms with Gasteiger partial charge in [-0.1, -0.05) is 26.2 Å². The minimum absolute atomic E-state index is 0.0932. The van der Waals surface area contributed by atoms with Crippen molar-refractivity contribution in [3.63, 3.8) is 0 Å². The Morgan fingerprint density at radius 3 is 2.33 bits per heavy atom. The molecule has 0 spiro atoms. The summed E-state index contributed by atoms with van der Waals surface area (Å²) in [6, 6.07) is -0.152. The molecule has 2 aliphatic rings. The molecule has 5 unspecified atom stereocenters. The third-order valence-electron chi connectivity index (χ3n) is 5.41. The SMILES string of the molecule is CCC1CC(C(=O)O)C(C(=O)N(C)C2CCCCC2O)C1. The van der Waals surface area contributed by atoms with Crippen molar-refractivity contribution in [1.29, 1.82) is 0 Å². The average molecular weight is 297 g/mol. The van der Waals surface area contributed by atoms with E-state index in [0.717, 1.165) is 32.1 Å². The number of likely N-dealkylation sites (N-methyl/N-ethyl adjacent to an activating group) is 1. The van der Waals surface area contributed by atoms with Gasteiger partial charge in [0.05, 0.1) is 24.0 Å². The van der Waals surface area contributed by atoms with Crippen LogP contribution >= 0.6 is 0 Å². The van der Waals surface area contributed by atoms with E-state index in [0.29, 0.717) is 18.8 Å². The van der Waals surface area contributed by atoms with E-state index in [1.54, 1.807) is 11.9 Å². The van der Waals surface area contributed by atoms with Crippen LogP contribution in [0.5, 0.6) is 0 Å². The van der Waals surface area contributed by atoms with Crippen molar-refractivity contribution in [2.45, 2.75) is 64.0 Å². The minimum atomic E-state index is -0.859. The zero-order chi connectivity index (χ0) is 15.6. The number of rotatable bonds is 4. The molecule has 5 nitrogen and oxygen atoms in total. The van der Waals surface area contributed by atoms with E-state index in [-0.39, 0.29) is 11.9 Å². The number of carbonyl (C=O) groups is 2. The summed E-state index contributed by atoms with van der Waals surface area (Å²) < 4.78 is 0. The zero-order valence-corrected chi connectivity index (χ0v) is 13.0. The van der Waals surface area contributed by atoms with E-state index >= 15 is 0 Å². The summed E-state index contributed by atoms with van der Waals surface area (Å²) in [5, 5.41) is 19.5. The van der Waals surface area contributed by atoms with Gasteiger partial charge in [0.25, 0.3) is 0 Å². The number of hydrogen-bond donors (Lipinski definition) is 2. The van der Waals surface area contributed by atoms with E-state index in [1.807, 2.05) is 6.92 Å². The maximum absolute atomic E-state index is 12.7. The second-order valence-electron chi connectivity index (χ2n) is 6.67. The summed E-state index contributed by atoms with van der Waals surface area (Å²) in [6.07, 6.45) is 5.27. The van der Waals surface area contributed by atoms with Crippen molar-refractivity contribution < 1.29 is 19.8 Å². The van der Waals surface area contributed by atoms with E-state index in [1.165, 1.54) is 0 Å². The van der Waals surface area contributed by atoms with Crippen LogP contribution in [-0.4, -0.2) is 46.2 Å². The van der Waals surface area contributed by atoms with Gasteiger partial charge in [0.15, 0.2) is 0 Å². The van der Waals surface area contributed by atoms with Crippen molar-refractivity contribution >= 4 is 11.9 Å². The van der Waals surface area contributed by atoms with Crippen LogP contribution in [0.3, 0.4) is 0 Å². The quantitative estimate of drug-likeness (QED) is 0.830. The Kier molecular flexibility index (Phi) is 5.25. The monoisotopic (exact) mass is 297 g/mol. The number of carboxylic acid groups (broad SMARTS) is 1. The molecular formula is C16H27NO4. The van der Waals surface area contributed by atoms with Gasteiger partial charge in [0.2, 0.25) is 5.91 Å². The Balaban J connectivity index is 2.08. The molecule has 5 heteroatoms. The molecule has 0 aromatic carbocycles. The third kappa shape index (κ3) is 3.39. The molecule has 2 rings (SSSR count). The molecule has 120 valence electrons. The summed E-state index contributed by atoms with van der Waals surface area (Å²) in [6.45, 7) is 2.05. The van der Waals surface area contributed by atoms with Crippen molar-refractivity contribution in [2.24, 2.45) is 17.8 Å². The van der Waals surface area contributed by atoms with Crippen LogP contribution in [0.25, 0.3) is 0 Å². The maximum Gasteiger partial charge on any atom is 0.307 e. The van der Waals surface area contributed by atoms with E-state index in [4.69, 9.17) is 0 Å². The lowest BCUT2D eigenvalue weighted by Crippen LogP contribution is -2.49.